The molecule has 0 radical (unpaired) electrons. The number of aromatic nitrogens is 2. The molecule has 0 unspecified atom stereocenters. The van der Waals surface area contributed by atoms with Crippen LogP contribution in [0.5, 0.6) is 0 Å². The molecular formula is C19H14F5N3O. The number of benzene rings is 2. The van der Waals surface area contributed by atoms with Crippen molar-refractivity contribution in [1.82, 2.24) is 14.7 Å². The van der Waals surface area contributed by atoms with Gasteiger partial charge >= 0.3 is 6.18 Å². The Labute approximate surface area is 156 Å². The predicted molar refractivity (Wildman–Crippen MR) is 90.7 cm³/mol. The maximum Gasteiger partial charge on any atom is 0.435 e. The molecule has 1 aromatic heterocycles. The van der Waals surface area contributed by atoms with E-state index in [0.717, 1.165) is 22.9 Å². The van der Waals surface area contributed by atoms with Gasteiger partial charge in [0.25, 0.3) is 5.91 Å². The summed E-state index contributed by atoms with van der Waals surface area (Å²) < 4.78 is 65.6. The van der Waals surface area contributed by atoms with Gasteiger partial charge in [0.05, 0.1) is 5.69 Å². The Hall–Kier alpha value is -3.23. The Morgan fingerprint density at radius 3 is 2.32 bits per heavy atom. The SMILES string of the molecule is CN(Cc1ccc(F)cc1F)C(=O)c1ccc(-n2ccc(C(F)(F)F)n2)cc1. The van der Waals surface area contributed by atoms with Crippen molar-refractivity contribution < 1.29 is 26.7 Å². The number of carbonyl (C=O) groups is 1. The van der Waals surface area contributed by atoms with Gasteiger partial charge in [0.1, 0.15) is 11.6 Å². The number of hydrogen-bond acceptors (Lipinski definition) is 2. The minimum absolute atomic E-state index is 0.0687. The van der Waals surface area contributed by atoms with Gasteiger partial charge < -0.3 is 4.90 Å². The lowest BCUT2D eigenvalue weighted by Crippen LogP contribution is -2.26. The molecule has 3 aromatic rings. The van der Waals surface area contributed by atoms with Gasteiger partial charge in [-0.25, -0.2) is 13.5 Å². The van der Waals surface area contributed by atoms with Crippen LogP contribution in [0.4, 0.5) is 22.0 Å². The lowest BCUT2D eigenvalue weighted by molar-refractivity contribution is -0.141. The van der Waals surface area contributed by atoms with Crippen molar-refractivity contribution in [2.24, 2.45) is 0 Å². The average molecular weight is 395 g/mol. The summed E-state index contributed by atoms with van der Waals surface area (Å²) in [5, 5.41) is 3.46. The van der Waals surface area contributed by atoms with Crippen LogP contribution in [-0.4, -0.2) is 27.6 Å². The average Bonchev–Trinajstić information content (AvgIpc) is 3.14. The molecular weight excluding hydrogens is 381 g/mol. The first-order valence-corrected chi connectivity index (χ1v) is 8.08. The summed E-state index contributed by atoms with van der Waals surface area (Å²) in [7, 11) is 1.46. The predicted octanol–water partition coefficient (Wildman–Crippen LogP) is 4.44. The van der Waals surface area contributed by atoms with E-state index in [0.29, 0.717) is 5.69 Å². The number of hydrogen-bond donors (Lipinski definition) is 0. The standard InChI is InChI=1S/C19H14F5N3O/c1-26(11-13-2-5-14(20)10-16(13)21)18(28)12-3-6-15(7-4-12)27-9-8-17(25-27)19(22,23)24/h2-10H,11H2,1H3. The highest BCUT2D eigenvalue weighted by Crippen LogP contribution is 2.28. The molecule has 0 bridgehead atoms. The quantitative estimate of drug-likeness (QED) is 0.613. The van der Waals surface area contributed by atoms with Crippen LogP contribution >= 0.6 is 0 Å². The van der Waals surface area contributed by atoms with Crippen LogP contribution in [0.2, 0.25) is 0 Å². The lowest BCUT2D eigenvalue weighted by Gasteiger charge is -2.18. The number of alkyl halides is 3. The Morgan fingerprint density at radius 2 is 1.75 bits per heavy atom. The highest BCUT2D eigenvalue weighted by atomic mass is 19.4. The van der Waals surface area contributed by atoms with Crippen molar-refractivity contribution in [1.29, 1.82) is 0 Å². The number of amides is 1. The van der Waals surface area contributed by atoms with E-state index in [-0.39, 0.29) is 17.7 Å². The fourth-order valence-corrected chi connectivity index (χ4v) is 2.57. The van der Waals surface area contributed by atoms with Gasteiger partial charge in [0.2, 0.25) is 0 Å². The fraction of sp³-hybridized carbons (Fsp3) is 0.158. The maximum absolute atomic E-state index is 13.7. The highest BCUT2D eigenvalue weighted by molar-refractivity contribution is 5.94. The van der Waals surface area contributed by atoms with Crippen LogP contribution in [0.25, 0.3) is 5.69 Å². The Kier molecular flexibility index (Phi) is 5.17. The third kappa shape index (κ3) is 4.19. The smallest absolute Gasteiger partial charge is 0.337 e. The van der Waals surface area contributed by atoms with Crippen molar-refractivity contribution in [2.45, 2.75) is 12.7 Å². The molecule has 0 fully saturated rings. The van der Waals surface area contributed by atoms with E-state index in [2.05, 4.69) is 5.10 Å². The van der Waals surface area contributed by atoms with Crippen molar-refractivity contribution in [2.75, 3.05) is 7.05 Å². The molecule has 4 nitrogen and oxygen atoms in total. The van der Waals surface area contributed by atoms with E-state index in [1.54, 1.807) is 0 Å². The Bertz CT molecular complexity index is 996. The number of halogens is 5. The third-order valence-corrected chi connectivity index (χ3v) is 4.03. The van der Waals surface area contributed by atoms with Gasteiger partial charge in [-0.05, 0) is 36.4 Å². The first kappa shape index (κ1) is 19.5. The van der Waals surface area contributed by atoms with Crippen LogP contribution in [0.15, 0.2) is 54.7 Å². The molecule has 28 heavy (non-hydrogen) atoms. The summed E-state index contributed by atoms with van der Waals surface area (Å²) in [5.74, 6) is -1.89. The van der Waals surface area contributed by atoms with E-state index < -0.39 is 29.4 Å². The van der Waals surface area contributed by atoms with Crippen molar-refractivity contribution >= 4 is 5.91 Å². The van der Waals surface area contributed by atoms with Crippen LogP contribution in [-0.2, 0) is 12.7 Å². The van der Waals surface area contributed by atoms with Crippen LogP contribution < -0.4 is 0 Å². The fourth-order valence-electron chi connectivity index (χ4n) is 2.57. The minimum Gasteiger partial charge on any atom is -0.337 e. The van der Waals surface area contributed by atoms with Gasteiger partial charge in [-0.2, -0.15) is 18.3 Å². The zero-order valence-corrected chi connectivity index (χ0v) is 14.5. The number of nitrogens with zero attached hydrogens (tertiary/aromatic N) is 3. The Balaban J connectivity index is 1.73. The van der Waals surface area contributed by atoms with Crippen molar-refractivity contribution in [3.8, 4) is 5.69 Å². The highest BCUT2D eigenvalue weighted by Gasteiger charge is 2.33. The topological polar surface area (TPSA) is 38.1 Å². The van der Waals surface area contributed by atoms with Crippen molar-refractivity contribution in [3.05, 3.63) is 83.2 Å². The molecule has 0 aliphatic carbocycles. The first-order chi connectivity index (χ1) is 13.1. The molecule has 0 saturated heterocycles. The van der Waals surface area contributed by atoms with Gasteiger partial charge in [0.15, 0.2) is 5.69 Å². The summed E-state index contributed by atoms with van der Waals surface area (Å²) in [6, 6.07) is 9.72. The maximum atomic E-state index is 13.7. The van der Waals surface area contributed by atoms with E-state index in [1.807, 2.05) is 0 Å². The molecule has 0 aliphatic rings. The number of carbonyl (C=O) groups excluding carboxylic acids is 1. The van der Waals surface area contributed by atoms with Crippen LogP contribution in [0, 0.1) is 11.6 Å². The van der Waals surface area contributed by atoms with Gasteiger partial charge in [-0.15, -0.1) is 0 Å². The molecule has 0 spiro atoms. The molecule has 146 valence electrons. The monoisotopic (exact) mass is 395 g/mol. The second kappa shape index (κ2) is 7.41. The molecule has 0 aliphatic heterocycles. The summed E-state index contributed by atoms with van der Waals surface area (Å²) in [6.45, 7) is -0.0687. The third-order valence-electron chi connectivity index (χ3n) is 4.03. The molecule has 2 aromatic carbocycles. The van der Waals surface area contributed by atoms with Crippen LogP contribution in [0.1, 0.15) is 21.6 Å². The van der Waals surface area contributed by atoms with Crippen molar-refractivity contribution in [3.63, 3.8) is 0 Å². The zero-order valence-electron chi connectivity index (χ0n) is 14.5. The van der Waals surface area contributed by atoms with Gasteiger partial charge in [-0.1, -0.05) is 6.07 Å². The van der Waals surface area contributed by atoms with Gasteiger partial charge in [0, 0.05) is 37.0 Å². The summed E-state index contributed by atoms with van der Waals surface area (Å²) in [4.78, 5) is 13.7. The Morgan fingerprint density at radius 1 is 1.07 bits per heavy atom. The molecule has 0 atom stereocenters. The van der Waals surface area contributed by atoms with Crippen LogP contribution in [0.3, 0.4) is 0 Å². The lowest BCUT2D eigenvalue weighted by atomic mass is 10.1. The summed E-state index contributed by atoms with van der Waals surface area (Å²) in [5.41, 5.74) is -0.255. The second-order valence-electron chi connectivity index (χ2n) is 6.09. The normalized spacial score (nSPS) is 11.5. The van der Waals surface area contributed by atoms with E-state index in [9.17, 15) is 26.7 Å². The van der Waals surface area contributed by atoms with E-state index in [4.69, 9.17) is 0 Å². The summed E-state index contributed by atoms with van der Waals surface area (Å²) in [6.07, 6.45) is -3.37. The largest absolute Gasteiger partial charge is 0.435 e. The molecule has 0 saturated carbocycles. The number of rotatable bonds is 4. The zero-order chi connectivity index (χ0) is 20.5. The van der Waals surface area contributed by atoms with E-state index >= 15 is 0 Å². The summed E-state index contributed by atoms with van der Waals surface area (Å²) >= 11 is 0. The molecule has 3 rings (SSSR count). The molecule has 1 amide bonds. The molecule has 9 heteroatoms. The molecule has 0 N–H and O–H groups in total. The first-order valence-electron chi connectivity index (χ1n) is 8.08. The molecule has 1 heterocycles. The van der Waals surface area contributed by atoms with E-state index in [1.165, 1.54) is 48.5 Å². The van der Waals surface area contributed by atoms with Gasteiger partial charge in [-0.3, -0.25) is 4.79 Å². The second-order valence-corrected chi connectivity index (χ2v) is 6.09. The minimum atomic E-state index is -4.54.